The summed E-state index contributed by atoms with van der Waals surface area (Å²) < 4.78 is 33.6. The molecule has 4 heterocycles. The molecule has 0 aliphatic carbocycles. The van der Waals surface area contributed by atoms with Crippen molar-refractivity contribution in [3.05, 3.63) is 195 Å². The van der Waals surface area contributed by atoms with Crippen LogP contribution in [0.5, 0.6) is 5.75 Å². The molecule has 6 unspecified atom stereocenters. The van der Waals surface area contributed by atoms with Gasteiger partial charge in [-0.15, -0.1) is 0 Å². The van der Waals surface area contributed by atoms with Crippen molar-refractivity contribution in [1.29, 1.82) is 0 Å². The first-order valence-electron chi connectivity index (χ1n) is 26.1. The van der Waals surface area contributed by atoms with E-state index in [1.165, 1.54) is 36.4 Å². The summed E-state index contributed by atoms with van der Waals surface area (Å²) in [4.78, 5) is 105. The van der Waals surface area contributed by atoms with Crippen LogP contribution in [0, 0.1) is 33.8 Å². The zero-order valence-corrected chi connectivity index (χ0v) is 44.0. The SMILES string of the molecule is COC(=O)C(CC#Cc1ccc2c(c1)C1(C(=O)N2C(=O)OCc2ccc([N+](=O)[O-])cc2)C(C(=O)Nc2ccc(N3CCOCC3)cc2)C2C(=O)OC(c3ccccc3)C(c3ccccc3)N2C1c1ccc(OCCO)cc1)C(=O)OC. The monoisotopic (exact) mass is 1100 g/mol. The Balaban J connectivity index is 1.21. The fourth-order valence-corrected chi connectivity index (χ4v) is 11.4. The molecule has 10 rings (SSSR count). The zero-order valence-electron chi connectivity index (χ0n) is 44.0. The molecule has 6 aromatic rings. The van der Waals surface area contributed by atoms with Crippen LogP contribution < -0.4 is 19.9 Å². The van der Waals surface area contributed by atoms with Gasteiger partial charge in [0.15, 0.2) is 5.92 Å². The van der Waals surface area contributed by atoms with Crippen LogP contribution in [0.25, 0.3) is 0 Å². The van der Waals surface area contributed by atoms with Crippen LogP contribution in [0.2, 0.25) is 0 Å². The molecule has 4 aliphatic rings. The number of esters is 3. The van der Waals surface area contributed by atoms with Crippen LogP contribution in [0.3, 0.4) is 0 Å². The molecule has 0 bridgehead atoms. The number of aliphatic hydroxyl groups excluding tert-OH is 1. The molecule has 20 heteroatoms. The van der Waals surface area contributed by atoms with Crippen LogP contribution in [-0.2, 0) is 59.7 Å². The van der Waals surface area contributed by atoms with Gasteiger partial charge in [-0.2, -0.15) is 0 Å². The summed E-state index contributed by atoms with van der Waals surface area (Å²) in [5.74, 6) is -1.24. The van der Waals surface area contributed by atoms with E-state index in [-0.39, 0.29) is 42.1 Å². The molecule has 2 N–H and O–H groups in total. The highest BCUT2D eigenvalue weighted by Gasteiger charge is 2.76. The maximum atomic E-state index is 16.8. The number of anilines is 3. The second-order valence-electron chi connectivity index (χ2n) is 19.5. The topological polar surface area (TPSA) is 243 Å². The maximum Gasteiger partial charge on any atom is 0.421 e. The molecule has 0 saturated carbocycles. The predicted octanol–water partition coefficient (Wildman–Crippen LogP) is 7.15. The first-order chi connectivity index (χ1) is 39.4. The number of hydrogen-bond donors (Lipinski definition) is 2. The molecule has 3 saturated heterocycles. The molecule has 3 amide bonds. The Hall–Kier alpha value is -9.42. The number of fused-ring (bicyclic) bond motifs is 3. The van der Waals surface area contributed by atoms with E-state index in [9.17, 15) is 24.8 Å². The number of amides is 3. The number of hydrogen-bond acceptors (Lipinski definition) is 17. The fourth-order valence-electron chi connectivity index (χ4n) is 11.4. The third-order valence-electron chi connectivity index (χ3n) is 15.0. The summed E-state index contributed by atoms with van der Waals surface area (Å²) in [6.07, 6.45) is -2.55. The minimum Gasteiger partial charge on any atom is -0.491 e. The third kappa shape index (κ3) is 10.6. The van der Waals surface area contributed by atoms with E-state index >= 15 is 19.2 Å². The molecule has 0 aromatic heterocycles. The Morgan fingerprint density at radius 3 is 2.09 bits per heavy atom. The number of nitro benzene ring substituents is 1. The second-order valence-corrected chi connectivity index (χ2v) is 19.5. The lowest BCUT2D eigenvalue weighted by Gasteiger charge is -2.46. The van der Waals surface area contributed by atoms with Gasteiger partial charge in [0, 0.05) is 48.6 Å². The minimum absolute atomic E-state index is 0.0223. The number of non-ortho nitro benzene ring substituents is 1. The van der Waals surface area contributed by atoms with Gasteiger partial charge in [0.05, 0.1) is 62.7 Å². The lowest BCUT2D eigenvalue weighted by Crippen LogP contribution is -2.54. The Bertz CT molecular complexity index is 3390. The van der Waals surface area contributed by atoms with Gasteiger partial charge in [-0.25, -0.2) is 9.69 Å². The third-order valence-corrected chi connectivity index (χ3v) is 15.0. The van der Waals surface area contributed by atoms with E-state index in [0.717, 1.165) is 24.8 Å². The van der Waals surface area contributed by atoms with Gasteiger partial charge in [-0.3, -0.25) is 39.0 Å². The summed E-state index contributed by atoms with van der Waals surface area (Å²) in [6.45, 7) is 1.62. The van der Waals surface area contributed by atoms with Gasteiger partial charge in [0.25, 0.3) is 5.69 Å². The summed E-state index contributed by atoms with van der Waals surface area (Å²) in [6, 6.07) is 38.2. The van der Waals surface area contributed by atoms with Gasteiger partial charge >= 0.3 is 24.0 Å². The van der Waals surface area contributed by atoms with Crippen molar-refractivity contribution < 1.29 is 67.2 Å². The molecule has 1 spiro atoms. The molecule has 6 atom stereocenters. The van der Waals surface area contributed by atoms with Crippen molar-refractivity contribution in [2.45, 2.75) is 42.7 Å². The zero-order chi connectivity index (χ0) is 56.8. The molecule has 6 aromatic carbocycles. The van der Waals surface area contributed by atoms with Gasteiger partial charge in [0.1, 0.15) is 36.5 Å². The van der Waals surface area contributed by atoms with Gasteiger partial charge < -0.3 is 43.7 Å². The highest BCUT2D eigenvalue weighted by atomic mass is 16.6. The standard InChI is InChI=1S/C61H55N5O15/c1-76-56(69)47(57(70)77-2)15-9-10-38-18-29-49-48(36-38)61(59(72)64(49)60(73)80-37-39-16-23-45(24-17-39)66(74)75)50(55(68)62-43-21-25-44(26-22-43)63-30-33-78-34-31-63)52-58(71)81-53(41-13-7-4-8-14-41)51(40-11-5-3-6-12-40)65(52)54(61)42-19-27-46(28-20-42)79-35-32-67/h3-8,11-14,16-29,36,47,50-54,67H,15,30-35,37H2,1-2H3,(H,62,68). The number of nitrogens with zero attached hydrogens (tertiary/aromatic N) is 4. The second kappa shape index (κ2) is 23.9. The summed E-state index contributed by atoms with van der Waals surface area (Å²) >= 11 is 0. The van der Waals surface area contributed by atoms with Gasteiger partial charge in [-0.1, -0.05) is 84.6 Å². The van der Waals surface area contributed by atoms with E-state index in [1.54, 1.807) is 42.5 Å². The van der Waals surface area contributed by atoms with Crippen LogP contribution in [0.1, 0.15) is 58.0 Å². The number of morpholine rings is 2. The number of imide groups is 1. The Kier molecular flexibility index (Phi) is 16.2. The Labute approximate surface area is 465 Å². The summed E-state index contributed by atoms with van der Waals surface area (Å²) in [5.41, 5.74) is 1.04. The van der Waals surface area contributed by atoms with Crippen LogP contribution in [0.15, 0.2) is 152 Å². The molecular formula is C61H55N5O15. The number of aliphatic hydroxyl groups is 1. The lowest BCUT2D eigenvalue weighted by atomic mass is 9.65. The predicted molar refractivity (Wildman–Crippen MR) is 291 cm³/mol. The van der Waals surface area contributed by atoms with Crippen molar-refractivity contribution in [3.8, 4) is 17.6 Å². The van der Waals surface area contributed by atoms with E-state index in [4.69, 9.17) is 28.4 Å². The number of rotatable bonds is 15. The normalized spacial score (nSPS) is 21.0. The van der Waals surface area contributed by atoms with E-state index in [1.807, 2.05) is 77.7 Å². The largest absolute Gasteiger partial charge is 0.491 e. The summed E-state index contributed by atoms with van der Waals surface area (Å²) in [5, 5.41) is 24.3. The Morgan fingerprint density at radius 2 is 1.46 bits per heavy atom. The van der Waals surface area contributed by atoms with Gasteiger partial charge in [-0.05, 0) is 94.5 Å². The maximum absolute atomic E-state index is 16.8. The Morgan fingerprint density at radius 1 is 0.802 bits per heavy atom. The number of ether oxygens (including phenoxy) is 6. The highest BCUT2D eigenvalue weighted by molar-refractivity contribution is 6.24. The number of carbonyl (C=O) groups excluding carboxylic acids is 6. The molecular weight excluding hydrogens is 1040 g/mol. The van der Waals surface area contributed by atoms with Crippen molar-refractivity contribution in [3.63, 3.8) is 0 Å². The number of nitrogens with one attached hydrogen (secondary N) is 1. The van der Waals surface area contributed by atoms with Crippen molar-refractivity contribution >= 4 is 58.6 Å². The van der Waals surface area contributed by atoms with Gasteiger partial charge in [0.2, 0.25) is 11.8 Å². The molecule has 0 radical (unpaired) electrons. The average molecular weight is 1100 g/mol. The minimum atomic E-state index is -2.27. The average Bonchev–Trinajstić information content (AvgIpc) is 2.50. The van der Waals surface area contributed by atoms with Crippen molar-refractivity contribution in [2.24, 2.45) is 11.8 Å². The first-order valence-corrected chi connectivity index (χ1v) is 26.1. The number of methoxy groups -OCH3 is 2. The first kappa shape index (κ1) is 54.9. The number of benzene rings is 6. The van der Waals surface area contributed by atoms with Crippen LogP contribution >= 0.6 is 0 Å². The molecule has 414 valence electrons. The van der Waals surface area contributed by atoms with Crippen molar-refractivity contribution in [1.82, 2.24) is 4.90 Å². The molecule has 20 nitrogen and oxygen atoms in total. The van der Waals surface area contributed by atoms with E-state index in [0.29, 0.717) is 60.0 Å². The highest BCUT2D eigenvalue weighted by Crippen LogP contribution is 2.66. The van der Waals surface area contributed by atoms with E-state index in [2.05, 4.69) is 22.1 Å². The molecule has 3 fully saturated rings. The lowest BCUT2D eigenvalue weighted by molar-refractivity contribution is -0.384. The van der Waals surface area contributed by atoms with E-state index < -0.39 is 88.8 Å². The molecule has 81 heavy (non-hydrogen) atoms. The smallest absolute Gasteiger partial charge is 0.421 e. The number of carbonyl (C=O) groups is 6. The summed E-state index contributed by atoms with van der Waals surface area (Å²) in [7, 11) is 2.25. The number of cyclic esters (lactones) is 1. The van der Waals surface area contributed by atoms with Crippen LogP contribution in [0.4, 0.5) is 27.5 Å². The molecule has 4 aliphatic heterocycles. The van der Waals surface area contributed by atoms with Crippen LogP contribution in [-0.4, -0.2) is 111 Å². The number of nitro groups is 1. The van der Waals surface area contributed by atoms with Crippen molar-refractivity contribution in [2.75, 3.05) is 68.9 Å². The fraction of sp³-hybridized carbons (Fsp3) is 0.279. The quantitative estimate of drug-likeness (QED) is 0.0259.